The fourth-order valence-corrected chi connectivity index (χ4v) is 4.75. The predicted octanol–water partition coefficient (Wildman–Crippen LogP) is 3.14. The minimum absolute atomic E-state index is 0.0489. The van der Waals surface area contributed by atoms with E-state index in [-0.39, 0.29) is 11.8 Å². The first-order valence-electron chi connectivity index (χ1n) is 10.8. The molecule has 2 amide bonds. The maximum Gasteiger partial charge on any atom is 0.253 e. The number of hydrogen-bond donors (Lipinski definition) is 2. The molecular formula is C24H25ClN4O3. The van der Waals surface area contributed by atoms with Crippen LogP contribution in [-0.4, -0.2) is 73.0 Å². The van der Waals surface area contributed by atoms with Crippen molar-refractivity contribution in [2.45, 2.75) is 6.54 Å². The van der Waals surface area contributed by atoms with E-state index in [0.29, 0.717) is 42.4 Å². The van der Waals surface area contributed by atoms with Gasteiger partial charge in [-0.1, -0.05) is 17.7 Å². The quantitative estimate of drug-likeness (QED) is 0.623. The van der Waals surface area contributed by atoms with Crippen molar-refractivity contribution in [2.24, 2.45) is 0 Å². The lowest BCUT2D eigenvalue weighted by Crippen LogP contribution is -2.49. The monoisotopic (exact) mass is 452 g/mol. The maximum absolute atomic E-state index is 13.1. The Bertz CT molecular complexity index is 1200. The van der Waals surface area contributed by atoms with Crippen LogP contribution < -0.4 is 5.32 Å². The summed E-state index contributed by atoms with van der Waals surface area (Å²) in [5.41, 5.74) is 4.69. The molecule has 3 aromatic rings. The van der Waals surface area contributed by atoms with Crippen molar-refractivity contribution in [3.8, 4) is 11.3 Å². The number of nitrogens with one attached hydrogen (secondary N) is 2. The summed E-state index contributed by atoms with van der Waals surface area (Å²) in [6.45, 7) is 5.18. The van der Waals surface area contributed by atoms with Crippen molar-refractivity contribution in [2.75, 3.05) is 46.4 Å². The van der Waals surface area contributed by atoms with E-state index < -0.39 is 0 Å². The second-order valence-electron chi connectivity index (χ2n) is 8.24. The normalized spacial score (nSPS) is 16.4. The molecule has 0 atom stereocenters. The number of carbonyl (C=O) groups is 2. The third-order valence-electron chi connectivity index (χ3n) is 6.34. The predicted molar refractivity (Wildman–Crippen MR) is 124 cm³/mol. The fraction of sp³-hybridized carbons (Fsp3) is 0.333. The molecule has 32 heavy (non-hydrogen) atoms. The van der Waals surface area contributed by atoms with E-state index in [0.717, 1.165) is 47.4 Å². The topological polar surface area (TPSA) is 77.7 Å². The number of piperazine rings is 1. The van der Waals surface area contributed by atoms with Gasteiger partial charge in [0.1, 0.15) is 0 Å². The van der Waals surface area contributed by atoms with Gasteiger partial charge in [0.25, 0.3) is 11.8 Å². The minimum Gasteiger partial charge on any atom is -0.383 e. The second kappa shape index (κ2) is 8.58. The average Bonchev–Trinajstić information content (AvgIpc) is 3.42. The van der Waals surface area contributed by atoms with E-state index in [2.05, 4.69) is 15.2 Å². The molecule has 0 radical (unpaired) electrons. The van der Waals surface area contributed by atoms with Gasteiger partial charge in [0.2, 0.25) is 0 Å². The van der Waals surface area contributed by atoms with Gasteiger partial charge in [0, 0.05) is 84.7 Å². The largest absolute Gasteiger partial charge is 0.383 e. The van der Waals surface area contributed by atoms with Crippen LogP contribution in [0, 0.1) is 0 Å². The molecular weight excluding hydrogens is 428 g/mol. The van der Waals surface area contributed by atoms with Crippen LogP contribution in [0.1, 0.15) is 26.3 Å². The van der Waals surface area contributed by atoms with E-state index in [9.17, 15) is 9.59 Å². The van der Waals surface area contributed by atoms with Gasteiger partial charge in [-0.25, -0.2) is 0 Å². The molecule has 2 aromatic carbocycles. The van der Waals surface area contributed by atoms with Crippen LogP contribution in [0.4, 0.5) is 0 Å². The second-order valence-corrected chi connectivity index (χ2v) is 8.65. The van der Waals surface area contributed by atoms with Crippen LogP contribution in [0.5, 0.6) is 0 Å². The van der Waals surface area contributed by atoms with Gasteiger partial charge in [0.05, 0.1) is 12.2 Å². The summed E-state index contributed by atoms with van der Waals surface area (Å²) in [5.74, 6) is -0.0653. The maximum atomic E-state index is 13.1. The number of nitrogens with zero attached hydrogens (tertiary/aromatic N) is 2. The summed E-state index contributed by atoms with van der Waals surface area (Å²) in [7, 11) is 1.71. The van der Waals surface area contributed by atoms with E-state index in [1.807, 2.05) is 41.3 Å². The number of aromatic nitrogens is 1. The first-order valence-corrected chi connectivity index (χ1v) is 11.2. The molecule has 166 valence electrons. The van der Waals surface area contributed by atoms with Crippen LogP contribution in [0.25, 0.3) is 22.2 Å². The first kappa shape index (κ1) is 21.0. The standard InChI is InChI=1S/C24H25ClN4O3/c1-32-11-10-28-6-8-29(9-7-28)24(31)15-2-5-20-16(12-15)13-21(27-20)17-3-4-19(25)18-14-26-23(30)22(17)18/h2-5,12-13,27H,6-11,14H2,1H3,(H,26,30). The highest BCUT2D eigenvalue weighted by molar-refractivity contribution is 6.32. The van der Waals surface area contributed by atoms with Crippen molar-refractivity contribution >= 4 is 34.3 Å². The van der Waals surface area contributed by atoms with E-state index in [1.54, 1.807) is 7.11 Å². The smallest absolute Gasteiger partial charge is 0.253 e. The number of aromatic amines is 1. The lowest BCUT2D eigenvalue weighted by atomic mass is 10.0. The van der Waals surface area contributed by atoms with E-state index in [1.165, 1.54) is 0 Å². The number of carbonyl (C=O) groups excluding carboxylic acids is 2. The molecule has 2 aliphatic rings. The van der Waals surface area contributed by atoms with Crippen molar-refractivity contribution in [3.05, 3.63) is 58.1 Å². The molecule has 0 saturated carbocycles. The number of methoxy groups -OCH3 is 1. The van der Waals surface area contributed by atoms with Gasteiger partial charge in [-0.2, -0.15) is 0 Å². The Hall–Kier alpha value is -2.87. The molecule has 1 aromatic heterocycles. The average molecular weight is 453 g/mol. The molecule has 0 unspecified atom stereocenters. The zero-order valence-electron chi connectivity index (χ0n) is 17.9. The number of ether oxygens (including phenoxy) is 1. The van der Waals surface area contributed by atoms with Crippen LogP contribution in [0.3, 0.4) is 0 Å². The molecule has 7 nitrogen and oxygen atoms in total. The van der Waals surface area contributed by atoms with Crippen LogP contribution >= 0.6 is 11.6 Å². The lowest BCUT2D eigenvalue weighted by molar-refractivity contribution is 0.0594. The van der Waals surface area contributed by atoms with Gasteiger partial charge in [0.15, 0.2) is 0 Å². The lowest BCUT2D eigenvalue weighted by Gasteiger charge is -2.34. The highest BCUT2D eigenvalue weighted by Gasteiger charge is 2.26. The summed E-state index contributed by atoms with van der Waals surface area (Å²) < 4.78 is 5.15. The minimum atomic E-state index is -0.114. The molecule has 8 heteroatoms. The first-order chi connectivity index (χ1) is 15.5. The zero-order valence-corrected chi connectivity index (χ0v) is 18.7. The Morgan fingerprint density at radius 1 is 1.12 bits per heavy atom. The third kappa shape index (κ3) is 3.77. The number of amides is 2. The number of hydrogen-bond acceptors (Lipinski definition) is 4. The van der Waals surface area contributed by atoms with Crippen LogP contribution in [0.2, 0.25) is 5.02 Å². The van der Waals surface area contributed by atoms with Crippen LogP contribution in [-0.2, 0) is 11.3 Å². The zero-order chi connectivity index (χ0) is 22.2. The van der Waals surface area contributed by atoms with Gasteiger partial charge < -0.3 is 19.9 Å². The number of halogens is 1. The molecule has 3 heterocycles. The highest BCUT2D eigenvalue weighted by Crippen LogP contribution is 2.34. The molecule has 2 N–H and O–H groups in total. The number of H-pyrrole nitrogens is 1. The highest BCUT2D eigenvalue weighted by atomic mass is 35.5. The summed E-state index contributed by atoms with van der Waals surface area (Å²) >= 11 is 6.28. The number of rotatable bonds is 5. The molecule has 0 spiro atoms. The van der Waals surface area contributed by atoms with Crippen LogP contribution in [0.15, 0.2) is 36.4 Å². The Labute approximate surface area is 191 Å². The van der Waals surface area contributed by atoms with Crippen molar-refractivity contribution < 1.29 is 14.3 Å². The summed E-state index contributed by atoms with van der Waals surface area (Å²) in [5, 5.41) is 4.37. The van der Waals surface area contributed by atoms with Gasteiger partial charge in [-0.05, 0) is 30.3 Å². The van der Waals surface area contributed by atoms with Crippen molar-refractivity contribution in [1.29, 1.82) is 0 Å². The Kier molecular flexibility index (Phi) is 5.63. The number of fused-ring (bicyclic) bond motifs is 2. The number of benzene rings is 2. The van der Waals surface area contributed by atoms with Crippen molar-refractivity contribution in [3.63, 3.8) is 0 Å². The van der Waals surface area contributed by atoms with Gasteiger partial charge >= 0.3 is 0 Å². The molecule has 1 fully saturated rings. The SMILES string of the molecule is COCCN1CCN(C(=O)c2ccc3[nH]c(-c4ccc(Cl)c5c4C(=O)NC5)cc3c2)CC1. The Morgan fingerprint density at radius 3 is 2.72 bits per heavy atom. The van der Waals surface area contributed by atoms with Crippen molar-refractivity contribution in [1.82, 2.24) is 20.1 Å². The molecule has 0 aliphatic carbocycles. The Balaban J connectivity index is 1.38. The van der Waals surface area contributed by atoms with Gasteiger partial charge in [-0.15, -0.1) is 0 Å². The third-order valence-corrected chi connectivity index (χ3v) is 6.69. The molecule has 1 saturated heterocycles. The van der Waals surface area contributed by atoms with Gasteiger partial charge in [-0.3, -0.25) is 14.5 Å². The fourth-order valence-electron chi connectivity index (χ4n) is 4.52. The van der Waals surface area contributed by atoms with E-state index in [4.69, 9.17) is 16.3 Å². The molecule has 2 aliphatic heterocycles. The molecule has 5 rings (SSSR count). The molecule has 0 bridgehead atoms. The summed E-state index contributed by atoms with van der Waals surface area (Å²) in [4.78, 5) is 33.1. The Morgan fingerprint density at radius 2 is 1.94 bits per heavy atom. The summed E-state index contributed by atoms with van der Waals surface area (Å²) in [6.07, 6.45) is 0. The summed E-state index contributed by atoms with van der Waals surface area (Å²) in [6, 6.07) is 11.4. The van der Waals surface area contributed by atoms with E-state index >= 15 is 0 Å².